The first-order chi connectivity index (χ1) is 6.79. The number of halogens is 1. The van der Waals surface area contributed by atoms with Crippen LogP contribution in [0.4, 0.5) is 5.82 Å². The molecule has 1 heterocycles. The summed E-state index contributed by atoms with van der Waals surface area (Å²) in [5.41, 5.74) is 0. The number of anilines is 1. The maximum Gasteiger partial charge on any atom is 0.144 e. The average molecular weight is 278 g/mol. The molecule has 0 amide bonds. The average Bonchev–Trinajstić information content (AvgIpc) is 2.20. The van der Waals surface area contributed by atoms with E-state index in [2.05, 4.69) is 31.2 Å². The third-order valence-corrected chi connectivity index (χ3v) is 3.42. The van der Waals surface area contributed by atoms with Gasteiger partial charge in [-0.1, -0.05) is 0 Å². The van der Waals surface area contributed by atoms with E-state index in [4.69, 9.17) is 5.11 Å². The van der Waals surface area contributed by atoms with Gasteiger partial charge in [0.2, 0.25) is 0 Å². The van der Waals surface area contributed by atoms with Gasteiger partial charge in [0.05, 0.1) is 11.1 Å². The van der Waals surface area contributed by atoms with Crippen LogP contribution in [-0.4, -0.2) is 34.0 Å². The molecule has 1 aromatic rings. The summed E-state index contributed by atoms with van der Waals surface area (Å²) in [5, 5.41) is 12.7. The molecule has 4 nitrogen and oxygen atoms in total. The molecule has 2 N–H and O–H groups in total. The van der Waals surface area contributed by atoms with Crippen molar-refractivity contribution in [3.05, 3.63) is 10.8 Å². The smallest absolute Gasteiger partial charge is 0.144 e. The van der Waals surface area contributed by atoms with Gasteiger partial charge in [0, 0.05) is 12.3 Å². The van der Waals surface area contributed by atoms with E-state index in [1.807, 2.05) is 6.92 Å². The summed E-state index contributed by atoms with van der Waals surface area (Å²) in [5.74, 6) is 1.43. The third kappa shape index (κ3) is 3.11. The van der Waals surface area contributed by atoms with Crippen LogP contribution in [0.25, 0.3) is 0 Å². The summed E-state index contributed by atoms with van der Waals surface area (Å²) in [7, 11) is 0. The van der Waals surface area contributed by atoms with Gasteiger partial charge in [-0.15, -0.1) is 11.8 Å². The molecule has 0 aliphatic rings. The van der Waals surface area contributed by atoms with Gasteiger partial charge in [0.15, 0.2) is 0 Å². The summed E-state index contributed by atoms with van der Waals surface area (Å²) in [4.78, 5) is 8.20. The molecule has 0 fully saturated rings. The van der Waals surface area contributed by atoms with Crippen molar-refractivity contribution >= 4 is 33.5 Å². The van der Waals surface area contributed by atoms with E-state index in [1.54, 1.807) is 0 Å². The Labute approximate surface area is 95.7 Å². The van der Waals surface area contributed by atoms with Crippen LogP contribution in [0.3, 0.4) is 0 Å². The normalized spacial score (nSPS) is 10.2. The van der Waals surface area contributed by atoms with Crippen LogP contribution in [0.2, 0.25) is 0 Å². The number of hydrogen-bond acceptors (Lipinski definition) is 5. The van der Waals surface area contributed by atoms with Crippen LogP contribution in [0.15, 0.2) is 15.8 Å². The number of thioether (sulfide) groups is 1. The summed E-state index contributed by atoms with van der Waals surface area (Å²) < 4.78 is 0.861. The molecular formula is C8H12BrN3OS. The van der Waals surface area contributed by atoms with Gasteiger partial charge in [-0.3, -0.25) is 0 Å². The predicted octanol–water partition coefficient (Wildman–Crippen LogP) is 1.76. The first kappa shape index (κ1) is 11.7. The minimum absolute atomic E-state index is 0.150. The number of nitrogens with one attached hydrogen (secondary N) is 1. The highest BCUT2D eigenvalue weighted by atomic mass is 79.9. The zero-order valence-corrected chi connectivity index (χ0v) is 10.2. The quantitative estimate of drug-likeness (QED) is 0.635. The Morgan fingerprint density at radius 2 is 2.36 bits per heavy atom. The van der Waals surface area contributed by atoms with Crippen molar-refractivity contribution in [3.8, 4) is 0 Å². The molecule has 0 aliphatic carbocycles. The second kappa shape index (κ2) is 6.21. The predicted molar refractivity (Wildman–Crippen MR) is 61.7 cm³/mol. The molecular weight excluding hydrogens is 266 g/mol. The zero-order valence-electron chi connectivity index (χ0n) is 7.83. The van der Waals surface area contributed by atoms with Gasteiger partial charge < -0.3 is 10.4 Å². The maximum absolute atomic E-state index is 8.70. The van der Waals surface area contributed by atoms with Crippen LogP contribution in [0, 0.1) is 0 Å². The molecule has 0 spiro atoms. The fraction of sp³-hybridized carbons (Fsp3) is 0.500. The summed E-state index contributed by atoms with van der Waals surface area (Å²) >= 11 is 4.92. The van der Waals surface area contributed by atoms with Gasteiger partial charge in [-0.25, -0.2) is 9.97 Å². The van der Waals surface area contributed by atoms with Crippen LogP contribution >= 0.6 is 27.7 Å². The third-order valence-electron chi connectivity index (χ3n) is 1.43. The van der Waals surface area contributed by atoms with E-state index in [9.17, 15) is 0 Å². The lowest BCUT2D eigenvalue weighted by Crippen LogP contribution is -2.02. The van der Waals surface area contributed by atoms with Gasteiger partial charge in [0.25, 0.3) is 0 Å². The zero-order chi connectivity index (χ0) is 10.4. The van der Waals surface area contributed by atoms with Gasteiger partial charge in [-0.05, 0) is 22.9 Å². The Hall–Kier alpha value is -0.330. The Bertz CT molecular complexity index is 298. The van der Waals surface area contributed by atoms with Gasteiger partial charge in [-0.2, -0.15) is 0 Å². The number of nitrogens with zero attached hydrogens (tertiary/aromatic N) is 2. The Balaban J connectivity index is 2.78. The van der Waals surface area contributed by atoms with Crippen molar-refractivity contribution in [2.24, 2.45) is 0 Å². The van der Waals surface area contributed by atoms with Crippen molar-refractivity contribution in [2.45, 2.75) is 11.9 Å². The minimum Gasteiger partial charge on any atom is -0.396 e. The van der Waals surface area contributed by atoms with E-state index in [0.29, 0.717) is 5.75 Å². The fourth-order valence-electron chi connectivity index (χ4n) is 0.887. The highest BCUT2D eigenvalue weighted by Crippen LogP contribution is 2.29. The Kier molecular flexibility index (Phi) is 5.21. The lowest BCUT2D eigenvalue weighted by molar-refractivity contribution is 0.322. The molecule has 1 rings (SSSR count). The van der Waals surface area contributed by atoms with Crippen LogP contribution in [0.5, 0.6) is 0 Å². The topological polar surface area (TPSA) is 58.0 Å². The number of aliphatic hydroxyl groups excluding tert-OH is 1. The van der Waals surface area contributed by atoms with Crippen molar-refractivity contribution < 1.29 is 5.11 Å². The standard InChI is InChI=1S/C8H12BrN3OS/c1-2-10-7-6(9)8(12-5-11-7)14-4-3-13/h5,13H,2-4H2,1H3,(H,10,11,12). The molecule has 78 valence electrons. The van der Waals surface area contributed by atoms with Crippen LogP contribution in [0.1, 0.15) is 6.92 Å². The van der Waals surface area contributed by atoms with E-state index < -0.39 is 0 Å². The fourth-order valence-corrected chi connectivity index (χ4v) is 2.21. The molecule has 0 bridgehead atoms. The highest BCUT2D eigenvalue weighted by Gasteiger charge is 2.07. The van der Waals surface area contributed by atoms with Crippen LogP contribution in [-0.2, 0) is 0 Å². The summed E-state index contributed by atoms with van der Waals surface area (Å²) in [6.45, 7) is 2.98. The second-order valence-electron chi connectivity index (χ2n) is 2.44. The first-order valence-electron chi connectivity index (χ1n) is 4.27. The lowest BCUT2D eigenvalue weighted by atomic mass is 10.5. The van der Waals surface area contributed by atoms with E-state index in [1.165, 1.54) is 18.1 Å². The molecule has 0 radical (unpaired) electrons. The second-order valence-corrected chi connectivity index (χ2v) is 4.32. The summed E-state index contributed by atoms with van der Waals surface area (Å²) in [6.07, 6.45) is 1.52. The Morgan fingerprint density at radius 1 is 1.57 bits per heavy atom. The first-order valence-corrected chi connectivity index (χ1v) is 6.05. The van der Waals surface area contributed by atoms with Crippen molar-refractivity contribution in [1.82, 2.24) is 9.97 Å². The van der Waals surface area contributed by atoms with Gasteiger partial charge >= 0.3 is 0 Å². The molecule has 6 heteroatoms. The molecule has 14 heavy (non-hydrogen) atoms. The number of aromatic nitrogens is 2. The highest BCUT2D eigenvalue weighted by molar-refractivity contribution is 9.10. The maximum atomic E-state index is 8.70. The monoisotopic (exact) mass is 277 g/mol. The minimum atomic E-state index is 0.150. The largest absolute Gasteiger partial charge is 0.396 e. The van der Waals surface area contributed by atoms with Crippen LogP contribution < -0.4 is 5.32 Å². The molecule has 0 aromatic carbocycles. The molecule has 1 aromatic heterocycles. The van der Waals surface area contributed by atoms with Crippen molar-refractivity contribution in [1.29, 1.82) is 0 Å². The van der Waals surface area contributed by atoms with E-state index >= 15 is 0 Å². The number of rotatable bonds is 5. The van der Waals surface area contributed by atoms with E-state index in [-0.39, 0.29) is 6.61 Å². The number of hydrogen-bond donors (Lipinski definition) is 2. The number of aliphatic hydroxyl groups is 1. The Morgan fingerprint density at radius 3 is 3.00 bits per heavy atom. The summed E-state index contributed by atoms with van der Waals surface area (Å²) in [6, 6.07) is 0. The van der Waals surface area contributed by atoms with Crippen molar-refractivity contribution in [2.75, 3.05) is 24.2 Å². The van der Waals surface area contributed by atoms with E-state index in [0.717, 1.165) is 21.9 Å². The lowest BCUT2D eigenvalue weighted by Gasteiger charge is -2.07. The SMILES string of the molecule is CCNc1ncnc(SCCO)c1Br. The molecule has 0 atom stereocenters. The van der Waals surface area contributed by atoms with Crippen molar-refractivity contribution in [3.63, 3.8) is 0 Å². The molecule has 0 unspecified atom stereocenters. The van der Waals surface area contributed by atoms with Gasteiger partial charge in [0.1, 0.15) is 17.2 Å². The molecule has 0 saturated carbocycles. The molecule has 0 saturated heterocycles. The molecule has 0 aliphatic heterocycles.